The zero-order valence-electron chi connectivity index (χ0n) is 11.4. The average molecular weight is 339 g/mol. The molecule has 0 saturated carbocycles. The van der Waals surface area contributed by atoms with Gasteiger partial charge in [-0.1, -0.05) is 23.4 Å². The molecule has 0 radical (unpaired) electrons. The van der Waals surface area contributed by atoms with Crippen molar-refractivity contribution in [2.45, 2.75) is 12.1 Å². The van der Waals surface area contributed by atoms with E-state index in [-0.39, 0.29) is 22.4 Å². The Kier molecular flexibility index (Phi) is 5.29. The number of nitrogens with one attached hydrogen (secondary N) is 1. The molecule has 22 heavy (non-hydrogen) atoms. The number of benzene rings is 1. The fraction of sp³-hybridized carbons (Fsp3) is 0.154. The van der Waals surface area contributed by atoms with Gasteiger partial charge in [-0.3, -0.25) is 14.9 Å². The first-order valence-electron chi connectivity index (χ1n) is 6.12. The van der Waals surface area contributed by atoms with Crippen molar-refractivity contribution in [1.82, 2.24) is 9.97 Å². The van der Waals surface area contributed by atoms with E-state index >= 15 is 0 Å². The van der Waals surface area contributed by atoms with Crippen LogP contribution >= 0.6 is 23.4 Å². The second-order valence-electron chi connectivity index (χ2n) is 4.24. The summed E-state index contributed by atoms with van der Waals surface area (Å²) in [5.41, 5.74) is 0.868. The third-order valence-corrected chi connectivity index (χ3v) is 3.71. The number of nitrogens with zero attached hydrogens (tertiary/aromatic N) is 3. The zero-order chi connectivity index (χ0) is 16.1. The van der Waals surface area contributed by atoms with E-state index in [9.17, 15) is 14.9 Å². The summed E-state index contributed by atoms with van der Waals surface area (Å²) in [5, 5.41) is 13.9. The molecule has 0 unspecified atom stereocenters. The normalized spacial score (nSPS) is 10.3. The fourth-order valence-electron chi connectivity index (χ4n) is 1.55. The molecule has 1 N–H and O–H groups in total. The third kappa shape index (κ3) is 4.40. The van der Waals surface area contributed by atoms with Gasteiger partial charge >= 0.3 is 0 Å². The third-order valence-electron chi connectivity index (χ3n) is 2.53. The molecular formula is C13H11ClN4O3S. The smallest absolute Gasteiger partial charge is 0.289 e. The van der Waals surface area contributed by atoms with Crippen LogP contribution in [-0.2, 0) is 4.79 Å². The van der Waals surface area contributed by atoms with Crippen molar-refractivity contribution in [1.29, 1.82) is 0 Å². The Morgan fingerprint density at radius 2 is 2.23 bits per heavy atom. The molecule has 1 aromatic carbocycles. The minimum atomic E-state index is -0.604. The van der Waals surface area contributed by atoms with Crippen LogP contribution in [0.1, 0.15) is 5.69 Å². The summed E-state index contributed by atoms with van der Waals surface area (Å²) < 4.78 is 0. The van der Waals surface area contributed by atoms with Crippen molar-refractivity contribution in [3.63, 3.8) is 0 Å². The number of aryl methyl sites for hydroxylation is 1. The van der Waals surface area contributed by atoms with Gasteiger partial charge < -0.3 is 5.32 Å². The zero-order valence-corrected chi connectivity index (χ0v) is 13.0. The lowest BCUT2D eigenvalue weighted by atomic mass is 10.3. The summed E-state index contributed by atoms with van der Waals surface area (Å²) >= 11 is 6.89. The molecule has 0 aliphatic rings. The number of thioether (sulfide) groups is 1. The molecule has 0 bridgehead atoms. The molecule has 0 saturated heterocycles. The van der Waals surface area contributed by atoms with Gasteiger partial charge in [0.25, 0.3) is 5.69 Å². The van der Waals surface area contributed by atoms with Gasteiger partial charge in [0.05, 0.1) is 10.7 Å². The van der Waals surface area contributed by atoms with Gasteiger partial charge in [-0.25, -0.2) is 9.97 Å². The van der Waals surface area contributed by atoms with Crippen LogP contribution < -0.4 is 5.32 Å². The molecule has 1 heterocycles. The van der Waals surface area contributed by atoms with Gasteiger partial charge in [-0.05, 0) is 25.1 Å². The number of carbonyl (C=O) groups excluding carboxylic acids is 1. The van der Waals surface area contributed by atoms with E-state index in [0.717, 1.165) is 5.69 Å². The first-order chi connectivity index (χ1) is 10.5. The van der Waals surface area contributed by atoms with Crippen LogP contribution in [0, 0.1) is 17.0 Å². The van der Waals surface area contributed by atoms with Crippen LogP contribution in [0.5, 0.6) is 0 Å². The van der Waals surface area contributed by atoms with Crippen molar-refractivity contribution in [3.05, 3.63) is 51.3 Å². The van der Waals surface area contributed by atoms with Gasteiger partial charge in [0, 0.05) is 23.6 Å². The Hall–Kier alpha value is -2.19. The first kappa shape index (κ1) is 16.2. The monoisotopic (exact) mass is 338 g/mol. The van der Waals surface area contributed by atoms with Gasteiger partial charge in [-0.15, -0.1) is 0 Å². The molecule has 0 aliphatic carbocycles. The van der Waals surface area contributed by atoms with Crippen LogP contribution in [0.2, 0.25) is 5.02 Å². The van der Waals surface area contributed by atoms with E-state index in [1.807, 2.05) is 6.92 Å². The molecule has 0 fully saturated rings. The standard InChI is InChI=1S/C13H11ClN4O3S/c1-8-4-5-15-13(16-8)22-7-12(19)17-9-2-3-10(14)11(6-9)18(20)21/h2-6H,7H2,1H3,(H,17,19). The minimum absolute atomic E-state index is 0.0190. The van der Waals surface area contributed by atoms with Crippen LogP contribution in [0.4, 0.5) is 11.4 Å². The predicted molar refractivity (Wildman–Crippen MR) is 84.2 cm³/mol. The van der Waals surface area contributed by atoms with Gasteiger partial charge in [0.15, 0.2) is 5.16 Å². The summed E-state index contributed by atoms with van der Waals surface area (Å²) in [6.45, 7) is 1.83. The number of amides is 1. The number of hydrogen-bond donors (Lipinski definition) is 1. The SMILES string of the molecule is Cc1ccnc(SCC(=O)Nc2ccc(Cl)c([N+](=O)[O-])c2)n1. The number of anilines is 1. The molecular weight excluding hydrogens is 328 g/mol. The van der Waals surface area contributed by atoms with Crippen molar-refractivity contribution < 1.29 is 9.72 Å². The summed E-state index contributed by atoms with van der Waals surface area (Å²) in [6, 6.07) is 5.85. The van der Waals surface area contributed by atoms with Crippen molar-refractivity contribution >= 4 is 40.6 Å². The van der Waals surface area contributed by atoms with Gasteiger partial charge in [0.1, 0.15) is 5.02 Å². The molecule has 114 valence electrons. The first-order valence-corrected chi connectivity index (χ1v) is 7.48. The van der Waals surface area contributed by atoms with Crippen molar-refractivity contribution in [2.75, 3.05) is 11.1 Å². The highest BCUT2D eigenvalue weighted by Crippen LogP contribution is 2.27. The second-order valence-corrected chi connectivity index (χ2v) is 5.59. The van der Waals surface area contributed by atoms with E-state index in [1.54, 1.807) is 12.3 Å². The number of nitro groups is 1. The number of carbonyl (C=O) groups is 1. The minimum Gasteiger partial charge on any atom is -0.325 e. The van der Waals surface area contributed by atoms with E-state index in [2.05, 4.69) is 15.3 Å². The molecule has 0 aliphatic heterocycles. The molecule has 0 spiro atoms. The molecule has 2 aromatic rings. The summed E-state index contributed by atoms with van der Waals surface area (Å²) in [4.78, 5) is 30.2. The lowest BCUT2D eigenvalue weighted by Crippen LogP contribution is -2.14. The highest BCUT2D eigenvalue weighted by atomic mass is 35.5. The highest BCUT2D eigenvalue weighted by molar-refractivity contribution is 7.99. The van der Waals surface area contributed by atoms with Crippen molar-refractivity contribution in [2.24, 2.45) is 0 Å². The molecule has 7 nitrogen and oxygen atoms in total. The predicted octanol–water partition coefficient (Wildman–Crippen LogP) is 3.08. The van der Waals surface area contributed by atoms with Gasteiger partial charge in [-0.2, -0.15) is 0 Å². The topological polar surface area (TPSA) is 98.0 Å². The molecule has 1 amide bonds. The summed E-state index contributed by atoms with van der Waals surface area (Å²) in [6.07, 6.45) is 1.62. The fourth-order valence-corrected chi connectivity index (χ4v) is 2.42. The maximum Gasteiger partial charge on any atom is 0.289 e. The maximum absolute atomic E-state index is 11.8. The van der Waals surface area contributed by atoms with Crippen molar-refractivity contribution in [3.8, 4) is 0 Å². The average Bonchev–Trinajstić information content (AvgIpc) is 2.47. The molecule has 0 atom stereocenters. The van der Waals surface area contributed by atoms with E-state index in [4.69, 9.17) is 11.6 Å². The number of rotatable bonds is 5. The highest BCUT2D eigenvalue weighted by Gasteiger charge is 2.14. The van der Waals surface area contributed by atoms with E-state index in [1.165, 1.54) is 30.0 Å². The molecule has 9 heteroatoms. The summed E-state index contributed by atoms with van der Waals surface area (Å²) in [5.74, 6) is -0.216. The quantitative estimate of drug-likeness (QED) is 0.389. The summed E-state index contributed by atoms with van der Waals surface area (Å²) in [7, 11) is 0. The Balaban J connectivity index is 1.97. The number of nitro benzene ring substituents is 1. The number of hydrogen-bond acceptors (Lipinski definition) is 6. The Morgan fingerprint density at radius 1 is 1.45 bits per heavy atom. The second kappa shape index (κ2) is 7.19. The Bertz CT molecular complexity index is 726. The van der Waals surface area contributed by atoms with Crippen LogP contribution in [0.15, 0.2) is 35.6 Å². The largest absolute Gasteiger partial charge is 0.325 e. The lowest BCUT2D eigenvalue weighted by molar-refractivity contribution is -0.384. The number of aromatic nitrogens is 2. The lowest BCUT2D eigenvalue weighted by Gasteiger charge is -2.05. The Labute approximate surface area is 135 Å². The van der Waals surface area contributed by atoms with E-state index in [0.29, 0.717) is 10.8 Å². The van der Waals surface area contributed by atoms with Crippen LogP contribution in [-0.4, -0.2) is 26.6 Å². The van der Waals surface area contributed by atoms with E-state index < -0.39 is 4.92 Å². The van der Waals surface area contributed by atoms with Gasteiger partial charge in [0.2, 0.25) is 5.91 Å². The van der Waals surface area contributed by atoms with Crippen LogP contribution in [0.25, 0.3) is 0 Å². The maximum atomic E-state index is 11.8. The molecule has 1 aromatic heterocycles. The number of halogens is 1. The van der Waals surface area contributed by atoms with Crippen LogP contribution in [0.3, 0.4) is 0 Å². The Morgan fingerprint density at radius 3 is 2.91 bits per heavy atom. The molecule has 2 rings (SSSR count).